The fourth-order valence-corrected chi connectivity index (χ4v) is 3.94. The van der Waals surface area contributed by atoms with Gasteiger partial charge in [0.15, 0.2) is 0 Å². The summed E-state index contributed by atoms with van der Waals surface area (Å²) in [6, 6.07) is 3.98. The van der Waals surface area contributed by atoms with Gasteiger partial charge in [-0.15, -0.1) is 0 Å². The molecule has 1 amide bonds. The van der Waals surface area contributed by atoms with E-state index in [4.69, 9.17) is 0 Å². The van der Waals surface area contributed by atoms with Crippen LogP contribution in [0.2, 0.25) is 0 Å². The van der Waals surface area contributed by atoms with Crippen LogP contribution in [0.25, 0.3) is 0 Å². The highest BCUT2D eigenvalue weighted by atomic mass is 79.9. The maximum atomic E-state index is 12.1. The molecule has 1 fully saturated rings. The number of carbonyl (C=O) groups excluding carboxylic acids is 1. The molecule has 2 aliphatic heterocycles. The molecule has 114 valence electrons. The first-order valence-electron chi connectivity index (χ1n) is 7.72. The van der Waals surface area contributed by atoms with Crippen LogP contribution in [0.5, 0.6) is 0 Å². The van der Waals surface area contributed by atoms with Gasteiger partial charge in [0.2, 0.25) is 5.91 Å². The highest BCUT2D eigenvalue weighted by Crippen LogP contribution is 2.40. The minimum absolute atomic E-state index is 0.0444. The molecule has 3 rings (SSSR count). The van der Waals surface area contributed by atoms with Gasteiger partial charge in [-0.25, -0.2) is 0 Å². The number of hydrogen-bond acceptors (Lipinski definition) is 3. The number of anilines is 2. The first-order chi connectivity index (χ1) is 10.1. The lowest BCUT2D eigenvalue weighted by atomic mass is 9.99. The maximum absolute atomic E-state index is 12.1. The Balaban J connectivity index is 1.92. The molecule has 2 atom stereocenters. The summed E-state index contributed by atoms with van der Waals surface area (Å²) in [7, 11) is 0. The van der Waals surface area contributed by atoms with E-state index in [2.05, 4.69) is 50.5 Å². The van der Waals surface area contributed by atoms with Crippen molar-refractivity contribution in [3.8, 4) is 0 Å². The second kappa shape index (κ2) is 5.97. The molecule has 5 heteroatoms. The van der Waals surface area contributed by atoms with Crippen LogP contribution in [0.1, 0.15) is 38.3 Å². The number of halogens is 1. The Morgan fingerprint density at radius 3 is 3.00 bits per heavy atom. The minimum Gasteiger partial charge on any atom is -0.370 e. The number of benzene rings is 1. The first-order valence-corrected chi connectivity index (χ1v) is 8.52. The van der Waals surface area contributed by atoms with E-state index in [1.54, 1.807) is 0 Å². The quantitative estimate of drug-likeness (QED) is 0.878. The fourth-order valence-electron chi connectivity index (χ4n) is 3.33. The molecule has 2 unspecified atom stereocenters. The predicted octanol–water partition coefficient (Wildman–Crippen LogP) is 3.29. The molecule has 4 nitrogen and oxygen atoms in total. The Hall–Kier alpha value is -1.07. The summed E-state index contributed by atoms with van der Waals surface area (Å²) < 4.78 is 1.08. The lowest BCUT2D eigenvalue weighted by molar-refractivity contribution is -0.117. The van der Waals surface area contributed by atoms with Crippen molar-refractivity contribution in [1.29, 1.82) is 0 Å². The van der Waals surface area contributed by atoms with E-state index in [1.807, 2.05) is 6.92 Å². The fraction of sp³-hybridized carbons (Fsp3) is 0.562. The average molecular weight is 352 g/mol. The molecule has 1 aromatic carbocycles. The summed E-state index contributed by atoms with van der Waals surface area (Å²) in [6.45, 7) is 7.27. The highest BCUT2D eigenvalue weighted by molar-refractivity contribution is 9.10. The molecule has 2 aliphatic rings. The van der Waals surface area contributed by atoms with Gasteiger partial charge in [0, 0.05) is 28.8 Å². The summed E-state index contributed by atoms with van der Waals surface area (Å²) >= 11 is 3.70. The van der Waals surface area contributed by atoms with Crippen molar-refractivity contribution < 1.29 is 4.79 Å². The van der Waals surface area contributed by atoms with Gasteiger partial charge < -0.3 is 15.5 Å². The number of amides is 1. The Morgan fingerprint density at radius 2 is 2.29 bits per heavy atom. The molecule has 0 bridgehead atoms. The van der Waals surface area contributed by atoms with E-state index in [1.165, 1.54) is 18.5 Å². The molecule has 1 saturated heterocycles. The zero-order chi connectivity index (χ0) is 15.0. The van der Waals surface area contributed by atoms with Gasteiger partial charge in [0.25, 0.3) is 0 Å². The van der Waals surface area contributed by atoms with Crippen LogP contribution in [0.4, 0.5) is 11.4 Å². The van der Waals surface area contributed by atoms with E-state index in [0.29, 0.717) is 0 Å². The van der Waals surface area contributed by atoms with Gasteiger partial charge in [-0.1, -0.05) is 13.8 Å². The van der Waals surface area contributed by atoms with Gasteiger partial charge in [-0.3, -0.25) is 4.79 Å². The predicted molar refractivity (Wildman–Crippen MR) is 89.8 cm³/mol. The Bertz CT molecular complexity index is 561. The first kappa shape index (κ1) is 14.9. The standard InChI is InChI=1S/C16H22BrN3O/c1-3-18-15-11-7-12(17)14(8-13(11)19-16(15)21)20-6-4-5-10(2)9-20/h7-8,10,15,18H,3-6,9H2,1-2H3,(H,19,21). The lowest BCUT2D eigenvalue weighted by Gasteiger charge is -2.33. The number of carbonyl (C=O) groups is 1. The van der Waals surface area contributed by atoms with Crippen LogP contribution in [0.15, 0.2) is 16.6 Å². The summed E-state index contributed by atoms with van der Waals surface area (Å²) in [5, 5.41) is 6.24. The number of piperidine rings is 1. The molecule has 2 N–H and O–H groups in total. The summed E-state index contributed by atoms with van der Waals surface area (Å²) in [5.41, 5.74) is 3.18. The molecular formula is C16H22BrN3O. The topological polar surface area (TPSA) is 44.4 Å². The maximum Gasteiger partial charge on any atom is 0.246 e. The van der Waals surface area contributed by atoms with Crippen LogP contribution >= 0.6 is 15.9 Å². The largest absolute Gasteiger partial charge is 0.370 e. The van der Waals surface area contributed by atoms with E-state index in [0.717, 1.165) is 41.3 Å². The second-order valence-electron chi connectivity index (χ2n) is 6.06. The van der Waals surface area contributed by atoms with E-state index < -0.39 is 0 Å². The normalized spacial score (nSPS) is 24.9. The molecule has 0 saturated carbocycles. The SMILES string of the molecule is CCNC1C(=O)Nc2cc(N3CCCC(C)C3)c(Br)cc21. The summed E-state index contributed by atoms with van der Waals surface area (Å²) in [5.74, 6) is 0.769. The van der Waals surface area contributed by atoms with Crippen molar-refractivity contribution in [2.75, 3.05) is 29.9 Å². The van der Waals surface area contributed by atoms with E-state index in [9.17, 15) is 4.79 Å². The third kappa shape index (κ3) is 2.81. The number of rotatable bonds is 3. The van der Waals surface area contributed by atoms with Gasteiger partial charge in [-0.2, -0.15) is 0 Å². The zero-order valence-corrected chi connectivity index (χ0v) is 14.2. The molecule has 0 spiro atoms. The summed E-state index contributed by atoms with van der Waals surface area (Å²) in [6.07, 6.45) is 2.54. The number of nitrogens with one attached hydrogen (secondary N) is 2. The molecule has 21 heavy (non-hydrogen) atoms. The van der Waals surface area contributed by atoms with Crippen LogP contribution in [-0.4, -0.2) is 25.5 Å². The summed E-state index contributed by atoms with van der Waals surface area (Å²) in [4.78, 5) is 14.5. The number of likely N-dealkylation sites (N-methyl/N-ethyl adjacent to an activating group) is 1. The van der Waals surface area contributed by atoms with Crippen molar-refractivity contribution in [3.63, 3.8) is 0 Å². The second-order valence-corrected chi connectivity index (χ2v) is 6.92. The zero-order valence-electron chi connectivity index (χ0n) is 12.6. The Kier molecular flexibility index (Phi) is 4.22. The van der Waals surface area contributed by atoms with Crippen LogP contribution in [-0.2, 0) is 4.79 Å². The number of nitrogens with zero attached hydrogens (tertiary/aromatic N) is 1. The Morgan fingerprint density at radius 1 is 1.48 bits per heavy atom. The van der Waals surface area contributed by atoms with E-state index in [-0.39, 0.29) is 11.9 Å². The molecule has 0 aliphatic carbocycles. The van der Waals surface area contributed by atoms with Crippen molar-refractivity contribution in [1.82, 2.24) is 5.32 Å². The van der Waals surface area contributed by atoms with Crippen molar-refractivity contribution >= 4 is 33.2 Å². The average Bonchev–Trinajstić information content (AvgIpc) is 2.74. The van der Waals surface area contributed by atoms with Crippen molar-refractivity contribution in [2.45, 2.75) is 32.7 Å². The molecular weight excluding hydrogens is 330 g/mol. The Labute approximate surface area is 134 Å². The van der Waals surface area contributed by atoms with Crippen LogP contribution in [0, 0.1) is 5.92 Å². The molecule has 2 heterocycles. The molecule has 0 aromatic heterocycles. The van der Waals surface area contributed by atoms with Gasteiger partial charge in [-0.05, 0) is 53.4 Å². The highest BCUT2D eigenvalue weighted by Gasteiger charge is 2.31. The number of fused-ring (bicyclic) bond motifs is 1. The van der Waals surface area contributed by atoms with Gasteiger partial charge >= 0.3 is 0 Å². The number of hydrogen-bond donors (Lipinski definition) is 2. The molecule has 1 aromatic rings. The van der Waals surface area contributed by atoms with Crippen LogP contribution < -0.4 is 15.5 Å². The van der Waals surface area contributed by atoms with Crippen molar-refractivity contribution in [2.24, 2.45) is 5.92 Å². The minimum atomic E-state index is -0.226. The lowest BCUT2D eigenvalue weighted by Crippen LogP contribution is -2.34. The van der Waals surface area contributed by atoms with Gasteiger partial charge in [0.1, 0.15) is 6.04 Å². The third-order valence-electron chi connectivity index (χ3n) is 4.36. The molecule has 0 radical (unpaired) electrons. The smallest absolute Gasteiger partial charge is 0.246 e. The van der Waals surface area contributed by atoms with Crippen molar-refractivity contribution in [3.05, 3.63) is 22.2 Å². The monoisotopic (exact) mass is 351 g/mol. The third-order valence-corrected chi connectivity index (χ3v) is 4.99. The van der Waals surface area contributed by atoms with Crippen LogP contribution in [0.3, 0.4) is 0 Å². The van der Waals surface area contributed by atoms with E-state index >= 15 is 0 Å². The van der Waals surface area contributed by atoms with Gasteiger partial charge in [0.05, 0.1) is 5.69 Å².